The van der Waals surface area contributed by atoms with Gasteiger partial charge in [-0.15, -0.1) is 0 Å². The van der Waals surface area contributed by atoms with Crippen LogP contribution in [0.3, 0.4) is 0 Å². The first-order chi connectivity index (χ1) is 4.20. The average Bonchev–Trinajstić information content (AvgIpc) is 1.87. The Bertz CT molecular complexity index is 173. The molecule has 0 aliphatic rings. The summed E-state index contributed by atoms with van der Waals surface area (Å²) in [4.78, 5) is 19.7. The minimum absolute atomic E-state index is 0.166. The van der Waals surface area contributed by atoms with Gasteiger partial charge in [0.05, 0.1) is 0 Å². The van der Waals surface area contributed by atoms with Crippen molar-refractivity contribution in [3.05, 3.63) is 10.4 Å². The van der Waals surface area contributed by atoms with Crippen molar-refractivity contribution in [1.82, 2.24) is 0 Å². The van der Waals surface area contributed by atoms with Gasteiger partial charge in [-0.3, -0.25) is 0 Å². The summed E-state index contributed by atoms with van der Waals surface area (Å²) in [6, 6.07) is 0. The molecule has 3 heteroatoms. The summed E-state index contributed by atoms with van der Waals surface area (Å²) in [6.07, 6.45) is 0. The molecular weight excluding hydrogens is 132 g/mol. The van der Waals surface area contributed by atoms with Crippen LogP contribution in [0.4, 0.5) is 0 Å². The molecule has 0 aromatic rings. The van der Waals surface area contributed by atoms with E-state index in [4.69, 9.17) is 0 Å². The van der Waals surface area contributed by atoms with Crippen LogP contribution in [0.5, 0.6) is 0 Å². The van der Waals surface area contributed by atoms with Crippen LogP contribution >= 0.6 is 0 Å². The lowest BCUT2D eigenvalue weighted by Crippen LogP contribution is -1.95. The first kappa shape index (κ1) is 8.12. The first-order valence-corrected chi connectivity index (χ1v) is 3.41. The van der Waals surface area contributed by atoms with Gasteiger partial charge in [-0.2, -0.15) is 0 Å². The van der Waals surface area contributed by atoms with E-state index in [1.165, 1.54) is 0 Å². The fourth-order valence-electron chi connectivity index (χ4n) is 0.332. The third-order valence-electron chi connectivity index (χ3n) is 0.681. The van der Waals surface area contributed by atoms with Gasteiger partial charge in [0, 0.05) is 0 Å². The van der Waals surface area contributed by atoms with E-state index in [0.717, 1.165) is 0 Å². The van der Waals surface area contributed by atoms with E-state index in [1.54, 1.807) is 25.7 Å². The number of hydrogen-bond donors (Lipinski definition) is 0. The molecule has 0 spiro atoms. The topological polar surface area (TPSA) is 34.1 Å². The van der Waals surface area contributed by atoms with E-state index in [9.17, 15) is 9.59 Å². The Morgan fingerprint density at radius 2 is 1.44 bits per heavy atom. The summed E-state index contributed by atoms with van der Waals surface area (Å²) in [6.45, 7) is 3.29. The van der Waals surface area contributed by atoms with Crippen molar-refractivity contribution >= 4 is 21.4 Å². The summed E-state index contributed by atoms with van der Waals surface area (Å²) >= 11 is 0. The molecule has 0 rings (SSSR count). The Kier molecular flexibility index (Phi) is 3.65. The number of carbonyl (C=O) groups excluding carboxylic acids is 2. The van der Waals surface area contributed by atoms with Crippen LogP contribution in [-0.2, 0) is 9.59 Å². The van der Waals surface area contributed by atoms with E-state index >= 15 is 0 Å². The maximum absolute atomic E-state index is 9.86. The van der Waals surface area contributed by atoms with Crippen LogP contribution < -0.4 is 0 Å². The van der Waals surface area contributed by atoms with Gasteiger partial charge in [0.15, 0.2) is 0 Å². The molecule has 0 unspecified atom stereocenters. The molecule has 0 amide bonds. The molecule has 46 valence electrons. The van der Waals surface area contributed by atoms with Crippen LogP contribution in [0.15, 0.2) is 10.4 Å². The highest BCUT2D eigenvalue weighted by Gasteiger charge is 1.94. The fourth-order valence-corrected chi connectivity index (χ4v) is 0.997. The first-order valence-electron chi connectivity index (χ1n) is 2.41. The highest BCUT2D eigenvalue weighted by Crippen LogP contribution is 1.88. The number of hydrogen-bond acceptors (Lipinski definition) is 2. The van der Waals surface area contributed by atoms with Gasteiger partial charge in [-0.1, -0.05) is 0 Å². The Labute approximate surface area is 56.1 Å². The van der Waals surface area contributed by atoms with Crippen LogP contribution in [0.2, 0.25) is 0 Å². The van der Waals surface area contributed by atoms with Crippen LogP contribution in [-0.4, -0.2) is 21.4 Å². The van der Waals surface area contributed by atoms with Crippen LogP contribution in [0.1, 0.15) is 13.8 Å². The molecule has 0 saturated carbocycles. The predicted octanol–water partition coefficient (Wildman–Crippen LogP) is 0.161. The number of allylic oxidation sites excluding steroid dienone is 2. The molecule has 9 heavy (non-hydrogen) atoms. The molecule has 2 nitrogen and oxygen atoms in total. The molecule has 2 radical (unpaired) electrons. The molecule has 0 aliphatic heterocycles. The zero-order valence-corrected chi connectivity index (χ0v) is 6.32. The second-order valence-corrected chi connectivity index (χ2v) is 3.33. The molecule has 0 aromatic heterocycles. The fraction of sp³-hybridized carbons (Fsp3) is 0.333. The van der Waals surface area contributed by atoms with E-state index in [0.29, 0.717) is 10.4 Å². The third kappa shape index (κ3) is 3.68. The molecule has 0 N–H and O–H groups in total. The Hall–Kier alpha value is -0.883. The summed E-state index contributed by atoms with van der Waals surface area (Å²) in [5, 5.41) is 1.13. The smallest absolute Gasteiger partial charge is 0.140 e. The molecule has 0 aliphatic carbocycles. The van der Waals surface area contributed by atoms with Crippen molar-refractivity contribution in [2.75, 3.05) is 0 Å². The zero-order chi connectivity index (χ0) is 7.28. The lowest BCUT2D eigenvalue weighted by Gasteiger charge is -1.85. The van der Waals surface area contributed by atoms with Crippen molar-refractivity contribution in [3.8, 4) is 0 Å². The molecular formula is C6H6O2Si. The zero-order valence-electron chi connectivity index (χ0n) is 5.32. The molecule has 0 atom stereocenters. The van der Waals surface area contributed by atoms with Crippen molar-refractivity contribution in [2.24, 2.45) is 0 Å². The van der Waals surface area contributed by atoms with E-state index in [1.807, 2.05) is 0 Å². The van der Waals surface area contributed by atoms with Gasteiger partial charge in [-0.25, -0.2) is 9.59 Å². The normalized spacial score (nSPS) is 7.33. The second kappa shape index (κ2) is 4.04. The van der Waals surface area contributed by atoms with Crippen molar-refractivity contribution < 1.29 is 9.59 Å². The Balaban J connectivity index is 4.05. The van der Waals surface area contributed by atoms with Crippen LogP contribution in [0.25, 0.3) is 0 Å². The molecule has 0 heterocycles. The Morgan fingerprint density at radius 1 is 1.11 bits per heavy atom. The maximum Gasteiger partial charge on any atom is 0.140 e. The van der Waals surface area contributed by atoms with Gasteiger partial charge < -0.3 is 0 Å². The van der Waals surface area contributed by atoms with Gasteiger partial charge in [0.2, 0.25) is 0 Å². The highest BCUT2D eigenvalue weighted by molar-refractivity contribution is 6.57. The lowest BCUT2D eigenvalue weighted by atomic mass is 10.7. The summed E-state index contributed by atoms with van der Waals surface area (Å²) in [7, 11) is 0.166. The van der Waals surface area contributed by atoms with Crippen LogP contribution in [0, 0.1) is 0 Å². The van der Waals surface area contributed by atoms with Gasteiger partial charge in [-0.05, 0) is 24.2 Å². The Morgan fingerprint density at radius 3 is 1.67 bits per heavy atom. The predicted molar refractivity (Wildman–Crippen MR) is 35.5 cm³/mol. The van der Waals surface area contributed by atoms with Gasteiger partial charge in [0.1, 0.15) is 21.4 Å². The van der Waals surface area contributed by atoms with Gasteiger partial charge in [0.25, 0.3) is 0 Å². The standard InChI is InChI=1S/C6H6O2Si/c1-5(3-7)9-6(2)4-8/h1-2H3. The van der Waals surface area contributed by atoms with Crippen molar-refractivity contribution in [3.63, 3.8) is 0 Å². The molecule has 0 saturated heterocycles. The third-order valence-corrected chi connectivity index (χ3v) is 1.64. The summed E-state index contributed by atoms with van der Waals surface area (Å²) < 4.78 is 0. The monoisotopic (exact) mass is 138 g/mol. The molecule has 0 fully saturated rings. The number of rotatable bonds is 2. The second-order valence-electron chi connectivity index (χ2n) is 1.58. The minimum atomic E-state index is 0.166. The van der Waals surface area contributed by atoms with Crippen molar-refractivity contribution in [1.29, 1.82) is 0 Å². The maximum atomic E-state index is 9.86. The van der Waals surface area contributed by atoms with Gasteiger partial charge >= 0.3 is 0 Å². The molecule has 0 bridgehead atoms. The largest absolute Gasteiger partial charge is 0.234 e. The summed E-state index contributed by atoms with van der Waals surface area (Å²) in [5.41, 5.74) is 0. The van der Waals surface area contributed by atoms with E-state index in [-0.39, 0.29) is 9.52 Å². The lowest BCUT2D eigenvalue weighted by molar-refractivity contribution is 0.568. The van der Waals surface area contributed by atoms with E-state index < -0.39 is 0 Å². The minimum Gasteiger partial charge on any atom is -0.234 e. The van der Waals surface area contributed by atoms with E-state index in [2.05, 4.69) is 0 Å². The average molecular weight is 138 g/mol. The molecule has 0 aromatic carbocycles. The summed E-state index contributed by atoms with van der Waals surface area (Å²) in [5.74, 6) is 3.42. The SMILES string of the molecule is CC(=C=O)[Si]C(C)=C=O. The highest BCUT2D eigenvalue weighted by atomic mass is 28.2. The quantitative estimate of drug-likeness (QED) is 0.402. The van der Waals surface area contributed by atoms with Crippen molar-refractivity contribution in [2.45, 2.75) is 13.8 Å².